The van der Waals surface area contributed by atoms with E-state index in [0.29, 0.717) is 17.7 Å². The summed E-state index contributed by atoms with van der Waals surface area (Å²) < 4.78 is 24.6. The third-order valence-electron chi connectivity index (χ3n) is 5.52. The quantitative estimate of drug-likeness (QED) is 0.544. The first-order chi connectivity index (χ1) is 13.8. The summed E-state index contributed by atoms with van der Waals surface area (Å²) in [5, 5.41) is 11.6. The molecule has 1 saturated heterocycles. The van der Waals surface area contributed by atoms with Crippen LogP contribution in [0.4, 0.5) is 0 Å². The molecule has 1 aliphatic rings. The highest BCUT2D eigenvalue weighted by Gasteiger charge is 2.49. The molecule has 1 aromatic carbocycles. The Labute approximate surface area is 178 Å². The molecule has 1 N–H and O–H groups in total. The number of aliphatic carboxylic acids is 1. The molecular weight excluding hydrogens is 424 g/mol. The minimum Gasteiger partial charge on any atom is -0.481 e. The predicted octanol–water partition coefficient (Wildman–Crippen LogP) is 5.72. The van der Waals surface area contributed by atoms with Crippen LogP contribution >= 0.6 is 22.7 Å². The summed E-state index contributed by atoms with van der Waals surface area (Å²) in [6.07, 6.45) is 1.34. The molecular formula is C22H22O4S3. The van der Waals surface area contributed by atoms with Gasteiger partial charge in [0, 0.05) is 14.6 Å². The highest BCUT2D eigenvalue weighted by Crippen LogP contribution is 2.47. The first-order valence-electron chi connectivity index (χ1n) is 9.51. The summed E-state index contributed by atoms with van der Waals surface area (Å²) in [5.74, 6) is -1.01. The molecule has 1 fully saturated rings. The van der Waals surface area contributed by atoms with Gasteiger partial charge in [-0.1, -0.05) is 30.7 Å². The Bertz CT molecular complexity index is 1140. The second-order valence-corrected chi connectivity index (χ2v) is 12.0. The molecule has 0 amide bonds. The lowest BCUT2D eigenvalue weighted by Gasteiger charge is -2.34. The Balaban J connectivity index is 1.68. The lowest BCUT2D eigenvalue weighted by Crippen LogP contribution is -2.41. The van der Waals surface area contributed by atoms with Crippen LogP contribution in [0.2, 0.25) is 0 Å². The number of benzene rings is 1. The first kappa shape index (κ1) is 20.3. The normalized spacial score (nSPS) is 21.1. The summed E-state index contributed by atoms with van der Waals surface area (Å²) in [6.45, 7) is 2.08. The fourth-order valence-corrected chi connectivity index (χ4v) is 8.66. The monoisotopic (exact) mass is 446 g/mol. The Morgan fingerprint density at radius 1 is 1.07 bits per heavy atom. The van der Waals surface area contributed by atoms with E-state index in [1.165, 1.54) is 21.8 Å². The maximum atomic E-state index is 12.9. The van der Waals surface area contributed by atoms with Gasteiger partial charge in [0.2, 0.25) is 0 Å². The van der Waals surface area contributed by atoms with Crippen molar-refractivity contribution in [3.05, 3.63) is 58.3 Å². The molecule has 4 rings (SSSR count). The number of sulfone groups is 1. The topological polar surface area (TPSA) is 71.4 Å². The molecule has 2 aromatic heterocycles. The molecule has 1 aliphatic heterocycles. The first-order valence-corrected chi connectivity index (χ1v) is 12.9. The van der Waals surface area contributed by atoms with E-state index in [1.54, 1.807) is 11.3 Å². The minimum atomic E-state index is -3.51. The third kappa shape index (κ3) is 3.79. The fraction of sp³-hybridized carbons (Fsp3) is 0.318. The van der Waals surface area contributed by atoms with Gasteiger partial charge in [-0.3, -0.25) is 4.79 Å². The summed E-state index contributed by atoms with van der Waals surface area (Å²) in [7, 11) is -3.51. The standard InChI is InChI=1S/C22H22O4S3/c1-15-12-19(27-14-15)17-6-4-16(5-7-17)18-8-9-20(28-18)22(13-21(23)24)10-2-3-11-29(22,25)26/h4-9,12,14H,2-3,10-11,13H2,1H3,(H,23,24)/t22-/m0/s1. The maximum Gasteiger partial charge on any atom is 0.305 e. The maximum absolute atomic E-state index is 12.9. The van der Waals surface area contributed by atoms with Crippen molar-refractivity contribution in [1.82, 2.24) is 0 Å². The van der Waals surface area contributed by atoms with Crippen LogP contribution in [0.1, 0.15) is 36.1 Å². The second-order valence-electron chi connectivity index (χ2n) is 7.57. The van der Waals surface area contributed by atoms with Crippen molar-refractivity contribution < 1.29 is 18.3 Å². The molecule has 0 spiro atoms. The summed E-state index contributed by atoms with van der Waals surface area (Å²) in [5.41, 5.74) is 3.41. The van der Waals surface area contributed by atoms with Gasteiger partial charge >= 0.3 is 5.97 Å². The SMILES string of the molecule is Cc1csc(-c2ccc(-c3ccc([C@@]4(CC(=O)O)CCCCS4(=O)=O)s3)cc2)c1. The van der Waals surface area contributed by atoms with E-state index in [-0.39, 0.29) is 12.2 Å². The zero-order valence-corrected chi connectivity index (χ0v) is 18.5. The van der Waals surface area contributed by atoms with Gasteiger partial charge in [-0.2, -0.15) is 0 Å². The number of thiophene rings is 2. The molecule has 7 heteroatoms. The molecule has 1 atom stereocenters. The van der Waals surface area contributed by atoms with Gasteiger partial charge in [-0.25, -0.2) is 8.42 Å². The molecule has 29 heavy (non-hydrogen) atoms. The number of aryl methyl sites for hydroxylation is 1. The van der Waals surface area contributed by atoms with E-state index in [4.69, 9.17) is 0 Å². The van der Waals surface area contributed by atoms with Crippen LogP contribution in [-0.2, 0) is 19.4 Å². The van der Waals surface area contributed by atoms with Crippen molar-refractivity contribution in [2.75, 3.05) is 5.75 Å². The number of hydrogen-bond donors (Lipinski definition) is 1. The van der Waals surface area contributed by atoms with Gasteiger partial charge in [0.15, 0.2) is 9.84 Å². The third-order valence-corrected chi connectivity index (χ3v) is 10.7. The van der Waals surface area contributed by atoms with Crippen LogP contribution in [-0.4, -0.2) is 25.2 Å². The lowest BCUT2D eigenvalue weighted by molar-refractivity contribution is -0.137. The lowest BCUT2D eigenvalue weighted by atomic mass is 9.95. The molecule has 0 bridgehead atoms. The Kier molecular flexibility index (Phi) is 5.40. The van der Waals surface area contributed by atoms with Crippen LogP contribution in [0.3, 0.4) is 0 Å². The van der Waals surface area contributed by atoms with E-state index >= 15 is 0 Å². The van der Waals surface area contributed by atoms with Gasteiger partial charge < -0.3 is 5.11 Å². The van der Waals surface area contributed by atoms with Crippen LogP contribution in [0.25, 0.3) is 20.9 Å². The smallest absolute Gasteiger partial charge is 0.305 e. The predicted molar refractivity (Wildman–Crippen MR) is 119 cm³/mol. The van der Waals surface area contributed by atoms with Crippen molar-refractivity contribution in [1.29, 1.82) is 0 Å². The molecule has 152 valence electrons. The van der Waals surface area contributed by atoms with E-state index in [0.717, 1.165) is 22.4 Å². The molecule has 0 aliphatic carbocycles. The summed E-state index contributed by atoms with van der Waals surface area (Å²) >= 11 is 3.11. The Morgan fingerprint density at radius 2 is 1.76 bits per heavy atom. The van der Waals surface area contributed by atoms with Crippen LogP contribution in [0.15, 0.2) is 47.8 Å². The van der Waals surface area contributed by atoms with Gasteiger partial charge in [-0.05, 0) is 60.0 Å². The van der Waals surface area contributed by atoms with Gasteiger partial charge in [-0.15, -0.1) is 22.7 Å². The zero-order valence-electron chi connectivity index (χ0n) is 16.1. The highest BCUT2D eigenvalue weighted by atomic mass is 32.2. The number of rotatable bonds is 5. The molecule has 4 nitrogen and oxygen atoms in total. The molecule has 3 heterocycles. The summed E-state index contributed by atoms with van der Waals surface area (Å²) in [6, 6.07) is 14.1. The van der Waals surface area contributed by atoms with E-state index < -0.39 is 20.6 Å². The Morgan fingerprint density at radius 3 is 2.34 bits per heavy atom. The van der Waals surface area contributed by atoms with Crippen molar-refractivity contribution in [3.8, 4) is 20.9 Å². The van der Waals surface area contributed by atoms with E-state index in [2.05, 4.69) is 30.5 Å². The zero-order chi connectivity index (χ0) is 20.6. The Hall–Kier alpha value is -1.96. The van der Waals surface area contributed by atoms with E-state index in [1.807, 2.05) is 24.3 Å². The highest BCUT2D eigenvalue weighted by molar-refractivity contribution is 7.92. The van der Waals surface area contributed by atoms with E-state index in [9.17, 15) is 18.3 Å². The summed E-state index contributed by atoms with van der Waals surface area (Å²) in [4.78, 5) is 14.3. The molecule has 0 saturated carbocycles. The number of carbonyl (C=O) groups is 1. The molecule has 0 radical (unpaired) electrons. The molecule has 3 aromatic rings. The average molecular weight is 447 g/mol. The number of hydrogen-bond acceptors (Lipinski definition) is 5. The van der Waals surface area contributed by atoms with Gasteiger partial charge in [0.05, 0.1) is 12.2 Å². The van der Waals surface area contributed by atoms with Crippen molar-refractivity contribution in [3.63, 3.8) is 0 Å². The minimum absolute atomic E-state index is 0.0580. The van der Waals surface area contributed by atoms with Gasteiger partial charge in [0.1, 0.15) is 4.75 Å². The fourth-order valence-electron chi connectivity index (χ4n) is 3.98. The number of carboxylic acids is 1. The van der Waals surface area contributed by atoms with Crippen LogP contribution < -0.4 is 0 Å². The van der Waals surface area contributed by atoms with Crippen molar-refractivity contribution in [2.24, 2.45) is 0 Å². The molecule has 0 unspecified atom stereocenters. The van der Waals surface area contributed by atoms with Crippen LogP contribution in [0.5, 0.6) is 0 Å². The number of carboxylic acid groups (broad SMARTS) is 1. The second kappa shape index (κ2) is 7.70. The van der Waals surface area contributed by atoms with Crippen molar-refractivity contribution in [2.45, 2.75) is 37.4 Å². The van der Waals surface area contributed by atoms with Gasteiger partial charge in [0.25, 0.3) is 0 Å². The van der Waals surface area contributed by atoms with Crippen molar-refractivity contribution >= 4 is 38.5 Å². The largest absolute Gasteiger partial charge is 0.481 e. The van der Waals surface area contributed by atoms with Crippen LogP contribution in [0, 0.1) is 6.92 Å². The average Bonchev–Trinajstić information content (AvgIpc) is 3.33.